The molecule has 0 unspecified atom stereocenters. The third kappa shape index (κ3) is 6.09. The van der Waals surface area contributed by atoms with Gasteiger partial charge < -0.3 is 9.84 Å². The molecule has 0 saturated carbocycles. The van der Waals surface area contributed by atoms with Gasteiger partial charge in [0.05, 0.1) is 34.1 Å². The van der Waals surface area contributed by atoms with Crippen molar-refractivity contribution in [1.82, 2.24) is 19.6 Å². The molecule has 4 aromatic carbocycles. The molecule has 12 nitrogen and oxygen atoms in total. The first-order valence-corrected chi connectivity index (χ1v) is 13.4. The summed E-state index contributed by atoms with van der Waals surface area (Å²) in [5.41, 5.74) is 4.38. The van der Waals surface area contributed by atoms with E-state index in [0.29, 0.717) is 38.9 Å². The number of aryl methyl sites for hydroxylation is 2. The van der Waals surface area contributed by atoms with Gasteiger partial charge in [-0.25, -0.2) is 8.78 Å². The summed E-state index contributed by atoms with van der Waals surface area (Å²) in [7, 11) is 4.98. The lowest BCUT2D eigenvalue weighted by atomic mass is 10.0. The third-order valence-corrected chi connectivity index (χ3v) is 7.20. The molecule has 0 amide bonds. The number of nitro groups is 2. The molecule has 6 aromatic rings. The summed E-state index contributed by atoms with van der Waals surface area (Å²) >= 11 is 0. The summed E-state index contributed by atoms with van der Waals surface area (Å²) in [6, 6.07) is 18.0. The van der Waals surface area contributed by atoms with E-state index in [1.807, 2.05) is 0 Å². The molecule has 0 aliphatic rings. The van der Waals surface area contributed by atoms with E-state index in [9.17, 15) is 34.1 Å². The van der Waals surface area contributed by atoms with Gasteiger partial charge in [0.25, 0.3) is 11.4 Å². The monoisotopic (exact) mass is 616 g/mol. The van der Waals surface area contributed by atoms with Crippen molar-refractivity contribution in [2.75, 3.05) is 7.11 Å². The summed E-state index contributed by atoms with van der Waals surface area (Å²) in [5.74, 6) is -0.862. The summed E-state index contributed by atoms with van der Waals surface area (Å²) in [5, 5.41) is 41.1. The van der Waals surface area contributed by atoms with Gasteiger partial charge >= 0.3 is 0 Å². The van der Waals surface area contributed by atoms with E-state index in [4.69, 9.17) is 4.74 Å². The molecule has 0 bridgehead atoms. The molecular weight excluding hydrogens is 590 g/mol. The second-order valence-corrected chi connectivity index (χ2v) is 10.1. The Bertz CT molecular complexity index is 2090. The van der Waals surface area contributed by atoms with Crippen LogP contribution in [0.25, 0.3) is 44.3 Å². The molecular formula is C31H26F2N6O6. The van der Waals surface area contributed by atoms with Crippen molar-refractivity contribution in [3.8, 4) is 22.5 Å². The smallest absolute Gasteiger partial charge is 0.270 e. The number of methoxy groups -OCH3 is 1. The number of non-ortho nitro benzene ring substituents is 2. The van der Waals surface area contributed by atoms with E-state index in [1.54, 1.807) is 47.7 Å². The van der Waals surface area contributed by atoms with E-state index in [-0.39, 0.29) is 29.4 Å². The number of hydrogen-bond acceptors (Lipinski definition) is 8. The van der Waals surface area contributed by atoms with Crippen LogP contribution in [0, 0.1) is 31.9 Å². The number of aliphatic hydroxyl groups excluding tert-OH is 1. The van der Waals surface area contributed by atoms with Crippen LogP contribution in [0.4, 0.5) is 20.2 Å². The van der Waals surface area contributed by atoms with Gasteiger partial charge in [0, 0.05) is 78.5 Å². The van der Waals surface area contributed by atoms with E-state index in [1.165, 1.54) is 55.6 Å². The van der Waals surface area contributed by atoms with Gasteiger partial charge in [-0.2, -0.15) is 10.2 Å². The molecule has 0 spiro atoms. The molecule has 0 aliphatic carbocycles. The van der Waals surface area contributed by atoms with E-state index < -0.39 is 22.3 Å². The molecule has 0 fully saturated rings. The van der Waals surface area contributed by atoms with Crippen LogP contribution in [0.5, 0.6) is 0 Å². The lowest BCUT2D eigenvalue weighted by Gasteiger charge is -2.05. The highest BCUT2D eigenvalue weighted by molar-refractivity contribution is 5.95. The average Bonchev–Trinajstić information content (AvgIpc) is 3.54. The Morgan fingerprint density at radius 2 is 1.18 bits per heavy atom. The zero-order chi connectivity index (χ0) is 32.4. The van der Waals surface area contributed by atoms with Crippen molar-refractivity contribution in [1.29, 1.82) is 0 Å². The Morgan fingerprint density at radius 3 is 1.60 bits per heavy atom. The Kier molecular flexibility index (Phi) is 8.61. The lowest BCUT2D eigenvalue weighted by Crippen LogP contribution is -1.94. The van der Waals surface area contributed by atoms with Gasteiger partial charge in [0.15, 0.2) is 0 Å². The number of fused-ring (bicyclic) bond motifs is 2. The number of aliphatic hydroxyl groups is 1. The minimum atomic E-state index is -0.502. The molecule has 0 radical (unpaired) electrons. The largest absolute Gasteiger partial charge is 0.392 e. The first kappa shape index (κ1) is 30.8. The van der Waals surface area contributed by atoms with Crippen molar-refractivity contribution in [3.05, 3.63) is 116 Å². The van der Waals surface area contributed by atoms with Crippen molar-refractivity contribution in [3.63, 3.8) is 0 Å². The van der Waals surface area contributed by atoms with Crippen molar-refractivity contribution in [2.45, 2.75) is 13.2 Å². The predicted molar refractivity (Wildman–Crippen MR) is 162 cm³/mol. The first-order chi connectivity index (χ1) is 21.5. The Morgan fingerprint density at radius 1 is 0.733 bits per heavy atom. The zero-order valence-corrected chi connectivity index (χ0v) is 24.3. The van der Waals surface area contributed by atoms with Gasteiger partial charge in [-0.05, 0) is 48.5 Å². The maximum absolute atomic E-state index is 13.8. The maximum Gasteiger partial charge on any atom is 0.270 e. The number of halogens is 2. The number of nitrogens with zero attached hydrogens (tertiary/aromatic N) is 6. The number of benzene rings is 4. The maximum atomic E-state index is 13.8. The van der Waals surface area contributed by atoms with E-state index in [0.717, 1.165) is 11.0 Å². The lowest BCUT2D eigenvalue weighted by molar-refractivity contribution is -0.384. The van der Waals surface area contributed by atoms with Crippen LogP contribution in [0.3, 0.4) is 0 Å². The van der Waals surface area contributed by atoms with Crippen molar-refractivity contribution < 1.29 is 28.5 Å². The Balaban J connectivity index is 0.000000178. The molecule has 0 atom stereocenters. The standard InChI is InChI=1S/C16H14FN3O3.C15H12FN3O3/c1-19-15-6-4-12(20(21)22)8-13(15)16(18-19)10-3-5-14(17)11(7-10)9-23-2;1-18-14-5-3-11(19(21)22)7-12(14)15(17-18)9-2-4-13(16)10(6-9)8-20/h3-8H,9H2,1-2H3;2-7,20H,8H2,1H3. The summed E-state index contributed by atoms with van der Waals surface area (Å²) < 4.78 is 35.5. The summed E-state index contributed by atoms with van der Waals surface area (Å²) in [6.07, 6.45) is 0. The summed E-state index contributed by atoms with van der Waals surface area (Å²) in [6.45, 7) is -0.283. The molecule has 6 rings (SSSR count). The molecule has 0 saturated heterocycles. The average molecular weight is 617 g/mol. The Hall–Kier alpha value is -5.60. The second kappa shape index (κ2) is 12.6. The number of hydrogen-bond donors (Lipinski definition) is 1. The van der Waals surface area contributed by atoms with Crippen LogP contribution < -0.4 is 0 Å². The number of nitro benzene ring substituents is 2. The third-order valence-electron chi connectivity index (χ3n) is 7.20. The molecule has 2 aromatic heterocycles. The highest BCUT2D eigenvalue weighted by atomic mass is 19.1. The fourth-order valence-corrected chi connectivity index (χ4v) is 4.99. The normalized spacial score (nSPS) is 11.1. The number of aromatic nitrogens is 4. The van der Waals surface area contributed by atoms with E-state index in [2.05, 4.69) is 10.2 Å². The van der Waals surface area contributed by atoms with Crippen LogP contribution in [-0.4, -0.2) is 41.6 Å². The van der Waals surface area contributed by atoms with Gasteiger partial charge in [-0.3, -0.25) is 29.6 Å². The van der Waals surface area contributed by atoms with Gasteiger partial charge in [0.1, 0.15) is 23.0 Å². The van der Waals surface area contributed by atoms with E-state index >= 15 is 0 Å². The van der Waals surface area contributed by atoms with Crippen LogP contribution in [0.15, 0.2) is 72.8 Å². The van der Waals surface area contributed by atoms with Crippen LogP contribution in [0.1, 0.15) is 11.1 Å². The molecule has 1 N–H and O–H groups in total. The quantitative estimate of drug-likeness (QED) is 0.164. The minimum Gasteiger partial charge on any atom is -0.392 e. The molecule has 230 valence electrons. The highest BCUT2D eigenvalue weighted by Gasteiger charge is 2.18. The zero-order valence-electron chi connectivity index (χ0n) is 24.3. The van der Waals surface area contributed by atoms with Crippen molar-refractivity contribution in [2.24, 2.45) is 14.1 Å². The predicted octanol–water partition coefficient (Wildman–Crippen LogP) is 6.21. The van der Waals surface area contributed by atoms with Crippen LogP contribution >= 0.6 is 0 Å². The topological polar surface area (TPSA) is 151 Å². The SMILES string of the molecule is COCc1cc(-c2nn(C)c3ccc([N+](=O)[O-])cc23)ccc1F.Cn1nc(-c2ccc(F)c(CO)c2)c2cc([N+](=O)[O-])ccc21. The molecule has 45 heavy (non-hydrogen) atoms. The minimum absolute atomic E-state index is 0.00835. The van der Waals surface area contributed by atoms with Crippen LogP contribution in [0.2, 0.25) is 0 Å². The number of ether oxygens (including phenoxy) is 1. The second-order valence-electron chi connectivity index (χ2n) is 10.1. The number of rotatable bonds is 7. The molecule has 0 aliphatic heterocycles. The van der Waals surface area contributed by atoms with Crippen LogP contribution in [-0.2, 0) is 32.0 Å². The van der Waals surface area contributed by atoms with Gasteiger partial charge in [-0.15, -0.1) is 0 Å². The van der Waals surface area contributed by atoms with Crippen molar-refractivity contribution >= 4 is 33.2 Å². The molecule has 14 heteroatoms. The summed E-state index contributed by atoms with van der Waals surface area (Å²) in [4.78, 5) is 21.0. The highest BCUT2D eigenvalue weighted by Crippen LogP contribution is 2.33. The first-order valence-electron chi connectivity index (χ1n) is 13.4. The van der Waals surface area contributed by atoms with Gasteiger partial charge in [0.2, 0.25) is 0 Å². The fourth-order valence-electron chi connectivity index (χ4n) is 4.99. The van der Waals surface area contributed by atoms with Gasteiger partial charge in [-0.1, -0.05) is 0 Å². The molecule has 2 heterocycles. The Labute approximate surface area is 254 Å². The fraction of sp³-hybridized carbons (Fsp3) is 0.161.